The molecule has 0 aromatic heterocycles. The maximum Gasteiger partial charge on any atom is 0.141 e. The van der Waals surface area contributed by atoms with Gasteiger partial charge in [-0.1, -0.05) is 36.4 Å². The molecule has 0 aliphatic carbocycles. The molecule has 0 saturated carbocycles. The molecule has 1 unspecified atom stereocenters. The van der Waals surface area contributed by atoms with Gasteiger partial charge in [-0.2, -0.15) is 0 Å². The lowest BCUT2D eigenvalue weighted by atomic mass is 9.84. The Morgan fingerprint density at radius 2 is 1.54 bits per heavy atom. The Hall–Kier alpha value is -3.07. The molecule has 132 valence electrons. The maximum absolute atomic E-state index is 12.4. The molecular weight excluding hydrogens is 322 g/mol. The Morgan fingerprint density at radius 1 is 0.923 bits per heavy atom. The molecule has 3 heteroatoms. The van der Waals surface area contributed by atoms with Crippen LogP contribution in [-0.2, 0) is 4.79 Å². The Morgan fingerprint density at radius 3 is 2.08 bits per heavy atom. The third-order valence-electron chi connectivity index (χ3n) is 4.69. The van der Waals surface area contributed by atoms with Crippen molar-refractivity contribution in [2.45, 2.75) is 26.7 Å². The molecule has 0 fully saturated rings. The second-order valence-electron chi connectivity index (χ2n) is 6.79. The van der Waals surface area contributed by atoms with Crippen LogP contribution < -0.4 is 5.73 Å². The Bertz CT molecular complexity index is 935. The van der Waals surface area contributed by atoms with E-state index in [1.807, 2.05) is 36.4 Å². The van der Waals surface area contributed by atoms with Crippen LogP contribution in [0.4, 0.5) is 5.69 Å². The number of hydrogen-bond donors (Lipinski definition) is 2. The van der Waals surface area contributed by atoms with Crippen molar-refractivity contribution in [1.82, 2.24) is 0 Å². The normalized spacial score (nSPS) is 12.0. The summed E-state index contributed by atoms with van der Waals surface area (Å²) in [6.07, 6.45) is 0. The highest BCUT2D eigenvalue weighted by molar-refractivity contribution is 5.88. The molecule has 0 spiro atoms. The van der Waals surface area contributed by atoms with E-state index in [4.69, 9.17) is 5.73 Å². The fourth-order valence-corrected chi connectivity index (χ4v) is 3.65. The minimum Gasteiger partial charge on any atom is -0.508 e. The van der Waals surface area contributed by atoms with E-state index in [0.717, 1.165) is 33.4 Å². The Balaban J connectivity index is 2.10. The van der Waals surface area contributed by atoms with E-state index >= 15 is 0 Å². The number of carbonyl (C=O) groups excluding carboxylic acids is 1. The summed E-state index contributed by atoms with van der Waals surface area (Å²) in [5.41, 5.74) is 12.8. The van der Waals surface area contributed by atoms with E-state index in [1.165, 1.54) is 0 Å². The van der Waals surface area contributed by atoms with Crippen molar-refractivity contribution < 1.29 is 9.90 Å². The van der Waals surface area contributed by atoms with Crippen LogP contribution >= 0.6 is 0 Å². The summed E-state index contributed by atoms with van der Waals surface area (Å²) in [4.78, 5) is 12.4. The third kappa shape index (κ3) is 3.47. The standard InChI is InChI=1S/C23H23NO2/c1-14-11-19(23(16(3)25)18-5-4-6-20(24)13-18)12-15(2)22(14)17-7-9-21(26)10-8-17/h4-13,23,26H,24H2,1-3H3. The number of carbonyl (C=O) groups is 1. The predicted octanol–water partition coefficient (Wildman–Crippen LogP) is 4.98. The van der Waals surface area contributed by atoms with Crippen molar-refractivity contribution in [3.05, 3.63) is 82.9 Å². The van der Waals surface area contributed by atoms with E-state index in [-0.39, 0.29) is 17.5 Å². The van der Waals surface area contributed by atoms with E-state index in [9.17, 15) is 9.90 Å². The molecule has 3 rings (SSSR count). The molecule has 3 aromatic carbocycles. The lowest BCUT2D eigenvalue weighted by Gasteiger charge is -2.19. The van der Waals surface area contributed by atoms with Gasteiger partial charge in [-0.05, 0) is 78.4 Å². The smallest absolute Gasteiger partial charge is 0.141 e. The van der Waals surface area contributed by atoms with E-state index in [1.54, 1.807) is 19.1 Å². The average Bonchev–Trinajstić information content (AvgIpc) is 2.56. The average molecular weight is 345 g/mol. The molecule has 0 saturated heterocycles. The first-order chi connectivity index (χ1) is 12.4. The first kappa shape index (κ1) is 17.7. The van der Waals surface area contributed by atoms with E-state index in [0.29, 0.717) is 5.69 Å². The first-order valence-corrected chi connectivity index (χ1v) is 8.63. The number of rotatable bonds is 4. The summed E-state index contributed by atoms with van der Waals surface area (Å²) < 4.78 is 0. The molecule has 3 aromatic rings. The van der Waals surface area contributed by atoms with E-state index in [2.05, 4.69) is 26.0 Å². The summed E-state index contributed by atoms with van der Waals surface area (Å²) in [7, 11) is 0. The van der Waals surface area contributed by atoms with Crippen molar-refractivity contribution in [2.24, 2.45) is 0 Å². The molecule has 0 radical (unpaired) electrons. The highest BCUT2D eigenvalue weighted by Gasteiger charge is 2.21. The van der Waals surface area contributed by atoms with Crippen molar-refractivity contribution >= 4 is 11.5 Å². The minimum absolute atomic E-state index is 0.0896. The van der Waals surface area contributed by atoms with Gasteiger partial charge in [-0.25, -0.2) is 0 Å². The van der Waals surface area contributed by atoms with Crippen molar-refractivity contribution in [3.63, 3.8) is 0 Å². The number of Topliss-reactive ketones (excluding diaryl/α,β-unsaturated/α-hetero) is 1. The molecule has 1 atom stereocenters. The van der Waals surface area contributed by atoms with Gasteiger partial charge in [0, 0.05) is 5.69 Å². The molecule has 0 aliphatic rings. The lowest BCUT2D eigenvalue weighted by molar-refractivity contribution is -0.117. The number of aryl methyl sites for hydroxylation is 2. The van der Waals surface area contributed by atoms with Gasteiger partial charge in [0.15, 0.2) is 0 Å². The van der Waals surface area contributed by atoms with Crippen LogP contribution in [0.3, 0.4) is 0 Å². The number of hydrogen-bond acceptors (Lipinski definition) is 3. The van der Waals surface area contributed by atoms with Crippen LogP contribution in [0.25, 0.3) is 11.1 Å². The maximum atomic E-state index is 12.4. The van der Waals surface area contributed by atoms with Crippen molar-refractivity contribution in [2.75, 3.05) is 5.73 Å². The number of phenolic OH excluding ortho intramolecular Hbond substituents is 1. The molecule has 0 bridgehead atoms. The van der Waals surface area contributed by atoms with Gasteiger partial charge in [-0.3, -0.25) is 4.79 Å². The highest BCUT2D eigenvalue weighted by atomic mass is 16.3. The zero-order valence-electron chi connectivity index (χ0n) is 15.3. The van der Waals surface area contributed by atoms with Gasteiger partial charge < -0.3 is 10.8 Å². The summed E-state index contributed by atoms with van der Waals surface area (Å²) >= 11 is 0. The molecule has 0 heterocycles. The van der Waals surface area contributed by atoms with E-state index < -0.39 is 0 Å². The minimum atomic E-state index is -0.329. The molecular formula is C23H23NO2. The van der Waals surface area contributed by atoms with Crippen LogP contribution in [0.2, 0.25) is 0 Å². The Labute approximate surface area is 154 Å². The predicted molar refractivity (Wildman–Crippen MR) is 106 cm³/mol. The van der Waals surface area contributed by atoms with Crippen molar-refractivity contribution in [3.8, 4) is 16.9 Å². The summed E-state index contributed by atoms with van der Waals surface area (Å²) in [5.74, 6) is 0.00976. The monoisotopic (exact) mass is 345 g/mol. The molecule has 0 amide bonds. The number of nitrogen functional groups attached to an aromatic ring is 1. The second-order valence-corrected chi connectivity index (χ2v) is 6.79. The van der Waals surface area contributed by atoms with Gasteiger partial charge in [0.05, 0.1) is 5.92 Å². The number of nitrogens with two attached hydrogens (primary N) is 1. The molecule has 3 nitrogen and oxygen atoms in total. The largest absolute Gasteiger partial charge is 0.508 e. The number of benzene rings is 3. The van der Waals surface area contributed by atoms with Crippen molar-refractivity contribution in [1.29, 1.82) is 0 Å². The number of aromatic hydroxyl groups is 1. The number of phenols is 1. The zero-order valence-corrected chi connectivity index (χ0v) is 15.3. The van der Waals surface area contributed by atoms with Gasteiger partial charge >= 0.3 is 0 Å². The first-order valence-electron chi connectivity index (χ1n) is 8.63. The highest BCUT2D eigenvalue weighted by Crippen LogP contribution is 2.34. The van der Waals surface area contributed by atoms with Gasteiger partial charge in [0.1, 0.15) is 11.5 Å². The molecule has 0 aliphatic heterocycles. The topological polar surface area (TPSA) is 63.3 Å². The number of ketones is 1. The van der Waals surface area contributed by atoms with Gasteiger partial charge in [0.25, 0.3) is 0 Å². The summed E-state index contributed by atoms with van der Waals surface area (Å²) in [6.45, 7) is 5.72. The Kier molecular flexibility index (Phi) is 4.81. The lowest BCUT2D eigenvalue weighted by Crippen LogP contribution is -2.12. The van der Waals surface area contributed by atoms with Gasteiger partial charge in [-0.15, -0.1) is 0 Å². The SMILES string of the molecule is CC(=O)C(c1cccc(N)c1)c1cc(C)c(-c2ccc(O)cc2)c(C)c1. The summed E-state index contributed by atoms with van der Waals surface area (Å²) in [5, 5.41) is 9.52. The van der Waals surface area contributed by atoms with Crippen LogP contribution in [0.5, 0.6) is 5.75 Å². The van der Waals surface area contributed by atoms with Crippen LogP contribution in [0, 0.1) is 13.8 Å². The third-order valence-corrected chi connectivity index (χ3v) is 4.69. The fraction of sp³-hybridized carbons (Fsp3) is 0.174. The fourth-order valence-electron chi connectivity index (χ4n) is 3.65. The molecule has 26 heavy (non-hydrogen) atoms. The summed E-state index contributed by atoms with van der Waals surface area (Å²) in [6, 6.07) is 18.9. The molecule has 3 N–H and O–H groups in total. The van der Waals surface area contributed by atoms with Crippen LogP contribution in [0.15, 0.2) is 60.7 Å². The second kappa shape index (κ2) is 7.04. The van der Waals surface area contributed by atoms with Gasteiger partial charge in [0.2, 0.25) is 0 Å². The van der Waals surface area contributed by atoms with Crippen LogP contribution in [-0.4, -0.2) is 10.9 Å². The number of anilines is 1. The quantitative estimate of drug-likeness (QED) is 0.656. The zero-order chi connectivity index (χ0) is 18.8. The van der Waals surface area contributed by atoms with Crippen LogP contribution in [0.1, 0.15) is 35.1 Å².